The van der Waals surface area contributed by atoms with Crippen molar-refractivity contribution < 1.29 is 0 Å². The normalized spacial score (nSPS) is 22.2. The maximum atomic E-state index is 5.78. The van der Waals surface area contributed by atoms with E-state index in [1.165, 1.54) is 69.8 Å². The molecule has 2 aromatic rings. The fourth-order valence-corrected chi connectivity index (χ4v) is 6.47. The lowest BCUT2D eigenvalue weighted by Gasteiger charge is -2.33. The molecule has 7 heteroatoms. The summed E-state index contributed by atoms with van der Waals surface area (Å²) in [5.41, 5.74) is 1.57. The summed E-state index contributed by atoms with van der Waals surface area (Å²) in [5, 5.41) is 7.52. The molecule has 2 saturated heterocycles. The first-order valence-corrected chi connectivity index (χ1v) is 14.5. The Kier molecular flexibility index (Phi) is 8.25. The number of hydrogen-bond donors (Lipinski definition) is 2. The number of nitrogens with zero attached hydrogens (tertiary/aromatic N) is 4. The van der Waals surface area contributed by atoms with Crippen LogP contribution in [0.4, 0.5) is 17.6 Å². The van der Waals surface area contributed by atoms with Crippen LogP contribution < -0.4 is 20.4 Å². The van der Waals surface area contributed by atoms with Crippen molar-refractivity contribution >= 4 is 34.9 Å². The molecule has 1 saturated carbocycles. The number of hydrogen-bond acceptors (Lipinski definition) is 5. The monoisotopic (exact) mass is 506 g/mol. The number of aromatic nitrogens is 2. The number of anilines is 3. The molecular formula is C29H42N6S. The van der Waals surface area contributed by atoms with Crippen LogP contribution in [-0.4, -0.2) is 47.8 Å². The quantitative estimate of drug-likeness (QED) is 0.474. The van der Waals surface area contributed by atoms with Gasteiger partial charge in [0.25, 0.3) is 0 Å². The summed E-state index contributed by atoms with van der Waals surface area (Å²) in [6.45, 7) is 7.42. The van der Waals surface area contributed by atoms with Crippen molar-refractivity contribution in [1.82, 2.24) is 15.3 Å². The number of thiocarbonyl (C=S) groups is 1. The molecule has 1 atom stereocenters. The van der Waals surface area contributed by atoms with Crippen molar-refractivity contribution in [2.24, 2.45) is 5.92 Å². The fraction of sp³-hybridized carbons (Fsp3) is 0.621. The van der Waals surface area contributed by atoms with E-state index in [-0.39, 0.29) is 5.41 Å². The zero-order valence-corrected chi connectivity index (χ0v) is 22.7. The third-order valence-corrected chi connectivity index (χ3v) is 8.62. The van der Waals surface area contributed by atoms with Crippen LogP contribution in [0.1, 0.15) is 76.7 Å². The topological polar surface area (TPSA) is 56.3 Å². The summed E-state index contributed by atoms with van der Waals surface area (Å²) in [6, 6.07) is 13.1. The van der Waals surface area contributed by atoms with E-state index in [0.717, 1.165) is 44.4 Å². The number of piperidine rings is 1. The zero-order chi connectivity index (χ0) is 24.8. The van der Waals surface area contributed by atoms with Gasteiger partial charge < -0.3 is 20.4 Å². The van der Waals surface area contributed by atoms with Gasteiger partial charge in [0, 0.05) is 44.2 Å². The summed E-state index contributed by atoms with van der Waals surface area (Å²) in [4.78, 5) is 14.8. The molecule has 1 aromatic carbocycles. The van der Waals surface area contributed by atoms with Gasteiger partial charge in [-0.05, 0) is 62.2 Å². The van der Waals surface area contributed by atoms with Crippen molar-refractivity contribution in [3.8, 4) is 0 Å². The number of benzene rings is 1. The van der Waals surface area contributed by atoms with Gasteiger partial charge in [0.15, 0.2) is 5.11 Å². The van der Waals surface area contributed by atoms with Gasteiger partial charge in [0.1, 0.15) is 11.6 Å². The summed E-state index contributed by atoms with van der Waals surface area (Å²) in [6.07, 6.45) is 12.5. The Hall–Kier alpha value is -2.41. The third kappa shape index (κ3) is 6.10. The minimum Gasteiger partial charge on any atom is -0.361 e. The SMILES string of the molecule is C[C@H]1CCCN(c2cc(N3CCCCCC3)nc(NC(=S)NCC3(c4ccccc4)CCCC3)n2)C1. The lowest BCUT2D eigenvalue weighted by Crippen LogP contribution is -2.41. The van der Waals surface area contributed by atoms with Crippen LogP contribution >= 0.6 is 12.2 Å². The second kappa shape index (κ2) is 11.8. The van der Waals surface area contributed by atoms with Crippen LogP contribution in [0.25, 0.3) is 0 Å². The average Bonchev–Trinajstić information content (AvgIpc) is 3.22. The number of rotatable bonds is 6. The van der Waals surface area contributed by atoms with Crippen LogP contribution in [0.2, 0.25) is 0 Å². The molecule has 3 aliphatic rings. The molecule has 0 spiro atoms. The van der Waals surface area contributed by atoms with E-state index < -0.39 is 0 Å². The van der Waals surface area contributed by atoms with Gasteiger partial charge in [0.2, 0.25) is 5.95 Å². The summed E-state index contributed by atoms with van der Waals surface area (Å²) in [5.74, 6) is 3.36. The summed E-state index contributed by atoms with van der Waals surface area (Å²) < 4.78 is 0. The maximum Gasteiger partial charge on any atom is 0.232 e. The molecule has 3 heterocycles. The average molecular weight is 507 g/mol. The van der Waals surface area contributed by atoms with Crippen LogP contribution in [0, 0.1) is 5.92 Å². The molecule has 1 aromatic heterocycles. The van der Waals surface area contributed by atoms with Gasteiger partial charge in [-0.1, -0.05) is 62.9 Å². The standard InChI is InChI=1S/C29H42N6S/c1-23-12-11-19-35(21-23)26-20-25(34-17-9-2-3-10-18-34)31-27(32-26)33-28(36)30-22-29(15-7-8-16-29)24-13-5-4-6-14-24/h4-6,13-14,20,23H,2-3,7-12,15-19,21-22H2,1H3,(H2,30,31,32,33,36)/t23-/m0/s1. The van der Waals surface area contributed by atoms with Crippen molar-refractivity contribution in [1.29, 1.82) is 0 Å². The van der Waals surface area contributed by atoms with Crippen LogP contribution in [-0.2, 0) is 5.41 Å². The van der Waals surface area contributed by atoms with Gasteiger partial charge in [-0.3, -0.25) is 0 Å². The lowest BCUT2D eigenvalue weighted by molar-refractivity contribution is 0.435. The third-order valence-electron chi connectivity index (χ3n) is 8.37. The van der Waals surface area contributed by atoms with Gasteiger partial charge in [0.05, 0.1) is 0 Å². The Bertz CT molecular complexity index is 978. The largest absolute Gasteiger partial charge is 0.361 e. The first kappa shape index (κ1) is 25.2. The number of nitrogens with one attached hydrogen (secondary N) is 2. The van der Waals surface area contributed by atoms with Crippen LogP contribution in [0.15, 0.2) is 36.4 Å². The fourth-order valence-electron chi connectivity index (χ4n) is 6.31. The second-order valence-corrected chi connectivity index (χ2v) is 11.6. The van der Waals surface area contributed by atoms with E-state index in [2.05, 4.69) is 63.8 Å². The minimum atomic E-state index is 0.150. The van der Waals surface area contributed by atoms with Crippen LogP contribution in [0.5, 0.6) is 0 Å². The highest BCUT2D eigenvalue weighted by Crippen LogP contribution is 2.40. The van der Waals surface area contributed by atoms with Crippen molar-refractivity contribution in [2.75, 3.05) is 47.8 Å². The molecule has 5 rings (SSSR count). The van der Waals surface area contributed by atoms with Crippen molar-refractivity contribution in [3.63, 3.8) is 0 Å². The molecule has 194 valence electrons. The molecular weight excluding hydrogens is 464 g/mol. The highest BCUT2D eigenvalue weighted by Gasteiger charge is 2.35. The predicted octanol–water partition coefficient (Wildman–Crippen LogP) is 5.89. The highest BCUT2D eigenvalue weighted by molar-refractivity contribution is 7.80. The van der Waals surface area contributed by atoms with E-state index in [1.807, 2.05) is 0 Å². The van der Waals surface area contributed by atoms with E-state index >= 15 is 0 Å². The van der Waals surface area contributed by atoms with Gasteiger partial charge in [-0.2, -0.15) is 9.97 Å². The first-order chi connectivity index (χ1) is 17.6. The van der Waals surface area contributed by atoms with E-state index in [9.17, 15) is 0 Å². The zero-order valence-electron chi connectivity index (χ0n) is 21.8. The van der Waals surface area contributed by atoms with E-state index in [0.29, 0.717) is 17.0 Å². The molecule has 2 N–H and O–H groups in total. The second-order valence-electron chi connectivity index (χ2n) is 11.2. The Morgan fingerprint density at radius 2 is 1.58 bits per heavy atom. The molecule has 36 heavy (non-hydrogen) atoms. The van der Waals surface area contributed by atoms with Crippen molar-refractivity contribution in [3.05, 3.63) is 42.0 Å². The molecule has 0 radical (unpaired) electrons. The molecule has 6 nitrogen and oxygen atoms in total. The van der Waals surface area contributed by atoms with E-state index in [1.54, 1.807) is 0 Å². The van der Waals surface area contributed by atoms with Crippen LogP contribution in [0.3, 0.4) is 0 Å². The van der Waals surface area contributed by atoms with E-state index in [4.69, 9.17) is 22.2 Å². The molecule has 2 aliphatic heterocycles. The summed E-state index contributed by atoms with van der Waals surface area (Å²) >= 11 is 5.78. The summed E-state index contributed by atoms with van der Waals surface area (Å²) in [7, 11) is 0. The smallest absolute Gasteiger partial charge is 0.232 e. The Morgan fingerprint density at radius 1 is 0.917 bits per heavy atom. The molecule has 0 unspecified atom stereocenters. The van der Waals surface area contributed by atoms with Gasteiger partial charge >= 0.3 is 0 Å². The van der Waals surface area contributed by atoms with Crippen molar-refractivity contribution in [2.45, 2.75) is 76.5 Å². The highest BCUT2D eigenvalue weighted by atomic mass is 32.1. The molecule has 1 aliphatic carbocycles. The lowest BCUT2D eigenvalue weighted by atomic mass is 9.79. The maximum absolute atomic E-state index is 5.78. The first-order valence-electron chi connectivity index (χ1n) is 14.1. The Labute approximate surface area is 222 Å². The molecule has 0 amide bonds. The van der Waals surface area contributed by atoms with Gasteiger partial charge in [-0.15, -0.1) is 0 Å². The van der Waals surface area contributed by atoms with Gasteiger partial charge in [-0.25, -0.2) is 0 Å². The molecule has 3 fully saturated rings. The Balaban J connectivity index is 1.32. The predicted molar refractivity (Wildman–Crippen MR) is 154 cm³/mol. The minimum absolute atomic E-state index is 0.150. The Morgan fingerprint density at radius 3 is 2.28 bits per heavy atom. The molecule has 0 bridgehead atoms.